The molecule has 6 heteroatoms. The van der Waals surface area contributed by atoms with Crippen LogP contribution in [0.5, 0.6) is 0 Å². The van der Waals surface area contributed by atoms with Crippen LogP contribution in [-0.2, 0) is 17.7 Å². The van der Waals surface area contributed by atoms with Crippen molar-refractivity contribution in [2.24, 2.45) is 0 Å². The van der Waals surface area contributed by atoms with Crippen LogP contribution in [-0.4, -0.2) is 45.1 Å². The minimum absolute atomic E-state index is 0.860. The van der Waals surface area contributed by atoms with Crippen molar-refractivity contribution in [1.29, 1.82) is 0 Å². The Hall–Kier alpha value is 0.274. The largest absolute Gasteiger partial charge is 0.500 e. The van der Waals surface area contributed by atoms with Crippen LogP contribution < -0.4 is 0 Å². The molecule has 0 N–H and O–H groups in total. The third kappa shape index (κ3) is 6.05. The summed E-state index contributed by atoms with van der Waals surface area (Å²) in [5.74, 6) is 0. The fraction of sp³-hybridized carbons (Fsp3) is 1.00. The Kier molecular flexibility index (Phi) is 10.2. The molecule has 0 aliphatic carbocycles. The zero-order valence-electron chi connectivity index (χ0n) is 13.6. The summed E-state index contributed by atoms with van der Waals surface area (Å²) in [5.41, 5.74) is 0. The van der Waals surface area contributed by atoms with Gasteiger partial charge in [-0.2, -0.15) is 0 Å². The van der Waals surface area contributed by atoms with Crippen LogP contribution in [0, 0.1) is 0 Å². The molecule has 0 unspecified atom stereocenters. The van der Waals surface area contributed by atoms with Crippen molar-refractivity contribution in [2.75, 3.05) is 27.9 Å². The van der Waals surface area contributed by atoms with Gasteiger partial charge >= 0.3 is 8.80 Å². The average Bonchev–Trinajstić information content (AvgIpc) is 2.48. The summed E-state index contributed by atoms with van der Waals surface area (Å²) in [4.78, 5) is 0. The highest BCUT2D eigenvalue weighted by atomic mass is 28.4. The maximum absolute atomic E-state index is 6.22. The molecule has 0 aliphatic heterocycles. The highest BCUT2D eigenvalue weighted by molar-refractivity contribution is 6.73. The molecule has 0 saturated carbocycles. The first-order valence-corrected chi connectivity index (χ1v) is 11.8. The SMILES string of the molecule is CC[Si](CC)(CC)OCCCC[Si](OC)(OC)OC. The highest BCUT2D eigenvalue weighted by Crippen LogP contribution is 2.22. The van der Waals surface area contributed by atoms with Crippen molar-refractivity contribution in [2.45, 2.75) is 57.8 Å². The van der Waals surface area contributed by atoms with E-state index < -0.39 is 17.1 Å². The summed E-state index contributed by atoms with van der Waals surface area (Å²) >= 11 is 0. The Morgan fingerprint density at radius 1 is 0.737 bits per heavy atom. The zero-order chi connectivity index (χ0) is 14.8. The van der Waals surface area contributed by atoms with Crippen LogP contribution in [0.25, 0.3) is 0 Å². The van der Waals surface area contributed by atoms with Gasteiger partial charge in [-0.25, -0.2) is 0 Å². The summed E-state index contributed by atoms with van der Waals surface area (Å²) in [5, 5.41) is 0. The Balaban J connectivity index is 3.98. The van der Waals surface area contributed by atoms with Gasteiger partial charge in [0.1, 0.15) is 0 Å². The molecule has 0 bridgehead atoms. The van der Waals surface area contributed by atoms with Crippen LogP contribution in [0.1, 0.15) is 33.6 Å². The van der Waals surface area contributed by atoms with Crippen LogP contribution in [0.4, 0.5) is 0 Å². The van der Waals surface area contributed by atoms with Gasteiger partial charge in [0.05, 0.1) is 0 Å². The van der Waals surface area contributed by atoms with E-state index in [1.807, 2.05) is 0 Å². The molecule has 0 rings (SSSR count). The molecule has 116 valence electrons. The van der Waals surface area contributed by atoms with Gasteiger partial charge in [0.2, 0.25) is 0 Å². The van der Waals surface area contributed by atoms with E-state index in [0.29, 0.717) is 0 Å². The summed E-state index contributed by atoms with van der Waals surface area (Å²) in [7, 11) is 1.19. The van der Waals surface area contributed by atoms with E-state index in [1.54, 1.807) is 21.3 Å². The lowest BCUT2D eigenvalue weighted by molar-refractivity contribution is 0.122. The maximum Gasteiger partial charge on any atom is 0.500 e. The van der Waals surface area contributed by atoms with Crippen molar-refractivity contribution < 1.29 is 17.7 Å². The Bertz CT molecular complexity index is 180. The number of hydrogen-bond acceptors (Lipinski definition) is 4. The maximum atomic E-state index is 6.22. The van der Waals surface area contributed by atoms with Crippen molar-refractivity contribution in [3.8, 4) is 0 Å². The lowest BCUT2D eigenvalue weighted by atomic mass is 10.4. The fourth-order valence-corrected chi connectivity index (χ4v) is 6.83. The molecule has 0 aliphatic rings. The van der Waals surface area contributed by atoms with Crippen LogP contribution in [0.15, 0.2) is 0 Å². The molecule has 0 aromatic carbocycles. The van der Waals surface area contributed by atoms with Gasteiger partial charge in [-0.05, 0) is 31.0 Å². The number of unbranched alkanes of at least 4 members (excludes halogenated alkanes) is 1. The molecule has 0 atom stereocenters. The Morgan fingerprint density at radius 2 is 1.21 bits per heavy atom. The van der Waals surface area contributed by atoms with Gasteiger partial charge in [-0.3, -0.25) is 0 Å². The highest BCUT2D eigenvalue weighted by Gasteiger charge is 2.37. The van der Waals surface area contributed by atoms with Crippen LogP contribution in [0.2, 0.25) is 24.2 Å². The summed E-state index contributed by atoms with van der Waals surface area (Å²) in [6.45, 7) is 7.65. The van der Waals surface area contributed by atoms with E-state index >= 15 is 0 Å². The minimum atomic E-state index is -2.38. The molecule has 0 heterocycles. The Morgan fingerprint density at radius 3 is 1.58 bits per heavy atom. The second kappa shape index (κ2) is 10.1. The molecule has 0 radical (unpaired) electrons. The monoisotopic (exact) mass is 308 g/mol. The van der Waals surface area contributed by atoms with Gasteiger partial charge in [-0.15, -0.1) is 0 Å². The van der Waals surface area contributed by atoms with Gasteiger partial charge in [0.25, 0.3) is 0 Å². The van der Waals surface area contributed by atoms with Crippen LogP contribution >= 0.6 is 0 Å². The fourth-order valence-electron chi connectivity index (χ4n) is 2.34. The zero-order valence-corrected chi connectivity index (χ0v) is 15.6. The van der Waals surface area contributed by atoms with E-state index in [1.165, 1.54) is 18.1 Å². The minimum Gasteiger partial charge on any atom is -0.417 e. The first-order chi connectivity index (χ1) is 9.07. The molecule has 0 aromatic rings. The van der Waals surface area contributed by atoms with Crippen molar-refractivity contribution >= 4 is 17.1 Å². The molecule has 0 spiro atoms. The second-order valence-corrected chi connectivity index (χ2v) is 12.7. The van der Waals surface area contributed by atoms with Crippen molar-refractivity contribution in [3.05, 3.63) is 0 Å². The molecule has 4 nitrogen and oxygen atoms in total. The molecule has 0 fully saturated rings. The van der Waals surface area contributed by atoms with Gasteiger partial charge < -0.3 is 17.7 Å². The topological polar surface area (TPSA) is 36.9 Å². The summed E-state index contributed by atoms with van der Waals surface area (Å²) < 4.78 is 22.5. The molecule has 0 aromatic heterocycles. The number of rotatable bonds is 12. The number of hydrogen-bond donors (Lipinski definition) is 0. The van der Waals surface area contributed by atoms with Gasteiger partial charge in [-0.1, -0.05) is 20.8 Å². The summed E-state index contributed by atoms with van der Waals surface area (Å²) in [6.07, 6.45) is 2.09. The molecule has 0 amide bonds. The van der Waals surface area contributed by atoms with Crippen LogP contribution in [0.3, 0.4) is 0 Å². The van der Waals surface area contributed by atoms with Gasteiger partial charge in [0, 0.05) is 34.0 Å². The van der Waals surface area contributed by atoms with Gasteiger partial charge in [0.15, 0.2) is 8.32 Å². The Labute approximate surface area is 121 Å². The molecular formula is C13H32O4Si2. The lowest BCUT2D eigenvalue weighted by Crippen LogP contribution is -2.42. The van der Waals surface area contributed by atoms with E-state index in [0.717, 1.165) is 25.5 Å². The van der Waals surface area contributed by atoms with E-state index in [4.69, 9.17) is 17.7 Å². The third-order valence-electron chi connectivity index (χ3n) is 4.15. The first-order valence-electron chi connectivity index (χ1n) is 7.37. The predicted molar refractivity (Wildman–Crippen MR) is 84.0 cm³/mol. The second-order valence-electron chi connectivity index (χ2n) is 4.84. The standard InChI is InChI=1S/C13H32O4Si2/c1-7-18(8-2,9-3)17-12-10-11-13-19(14-4,15-5)16-6/h7-13H2,1-6H3. The summed E-state index contributed by atoms with van der Waals surface area (Å²) in [6, 6.07) is 4.51. The van der Waals surface area contributed by atoms with E-state index in [-0.39, 0.29) is 0 Å². The first kappa shape index (κ1) is 19.3. The molecule has 19 heavy (non-hydrogen) atoms. The molecule has 0 saturated heterocycles. The lowest BCUT2D eigenvalue weighted by Gasteiger charge is -2.28. The predicted octanol–water partition coefficient (Wildman–Crippen LogP) is 3.67. The smallest absolute Gasteiger partial charge is 0.417 e. The van der Waals surface area contributed by atoms with E-state index in [2.05, 4.69) is 20.8 Å². The average molecular weight is 309 g/mol. The third-order valence-corrected chi connectivity index (χ3v) is 11.7. The van der Waals surface area contributed by atoms with E-state index in [9.17, 15) is 0 Å². The van der Waals surface area contributed by atoms with Crippen molar-refractivity contribution in [3.63, 3.8) is 0 Å². The van der Waals surface area contributed by atoms with Crippen molar-refractivity contribution in [1.82, 2.24) is 0 Å². The molecular weight excluding hydrogens is 276 g/mol. The quantitative estimate of drug-likeness (QED) is 0.407. The normalized spacial score (nSPS) is 12.9.